The Hall–Kier alpha value is -2.88. The van der Waals surface area contributed by atoms with Crippen molar-refractivity contribution in [1.29, 1.82) is 0 Å². The SMILES string of the molecule is O=C(Cc1cocc1Sc1ccc(C(F)(F)F)cc1)C(=O)c1nc[nH]n1. The number of aromatic nitrogens is 3. The first-order chi connectivity index (χ1) is 12.3. The van der Waals surface area contributed by atoms with Gasteiger partial charge in [-0.3, -0.25) is 14.7 Å². The molecule has 3 rings (SSSR count). The van der Waals surface area contributed by atoms with Gasteiger partial charge in [0.2, 0.25) is 11.6 Å². The summed E-state index contributed by atoms with van der Waals surface area (Å²) >= 11 is 1.13. The van der Waals surface area contributed by atoms with E-state index in [1.54, 1.807) is 0 Å². The minimum atomic E-state index is -4.41. The summed E-state index contributed by atoms with van der Waals surface area (Å²) in [4.78, 5) is 28.6. The Labute approximate surface area is 148 Å². The van der Waals surface area contributed by atoms with Gasteiger partial charge in [-0.1, -0.05) is 11.8 Å². The van der Waals surface area contributed by atoms with Crippen molar-refractivity contribution in [2.75, 3.05) is 0 Å². The summed E-state index contributed by atoms with van der Waals surface area (Å²) in [6.07, 6.45) is -0.772. The molecule has 0 fully saturated rings. The van der Waals surface area contributed by atoms with Crippen LogP contribution in [0.1, 0.15) is 21.7 Å². The molecule has 0 aliphatic rings. The van der Waals surface area contributed by atoms with Gasteiger partial charge in [0, 0.05) is 16.9 Å². The zero-order chi connectivity index (χ0) is 18.7. The highest BCUT2D eigenvalue weighted by Crippen LogP contribution is 2.34. The lowest BCUT2D eigenvalue weighted by atomic mass is 10.1. The molecule has 134 valence electrons. The quantitative estimate of drug-likeness (QED) is 0.519. The van der Waals surface area contributed by atoms with Gasteiger partial charge in [0.15, 0.2) is 0 Å². The van der Waals surface area contributed by atoms with Gasteiger partial charge in [-0.15, -0.1) is 5.10 Å². The number of nitrogens with zero attached hydrogens (tertiary/aromatic N) is 2. The third kappa shape index (κ3) is 4.02. The van der Waals surface area contributed by atoms with Crippen molar-refractivity contribution in [3.8, 4) is 0 Å². The Kier molecular flexibility index (Phi) is 4.94. The number of carbonyl (C=O) groups excluding carboxylic acids is 2. The molecule has 10 heteroatoms. The van der Waals surface area contributed by atoms with E-state index in [0.717, 1.165) is 23.9 Å². The van der Waals surface area contributed by atoms with Gasteiger partial charge < -0.3 is 4.42 Å². The number of hydrogen-bond donors (Lipinski definition) is 1. The van der Waals surface area contributed by atoms with Gasteiger partial charge in [0.1, 0.15) is 12.6 Å². The maximum atomic E-state index is 12.6. The molecule has 1 N–H and O–H groups in total. The van der Waals surface area contributed by atoms with Crippen molar-refractivity contribution in [2.45, 2.75) is 22.4 Å². The molecule has 26 heavy (non-hydrogen) atoms. The predicted octanol–water partition coefficient (Wildman–Crippen LogP) is 3.56. The summed E-state index contributed by atoms with van der Waals surface area (Å²) in [7, 11) is 0. The highest BCUT2D eigenvalue weighted by Gasteiger charge is 2.30. The zero-order valence-electron chi connectivity index (χ0n) is 12.9. The van der Waals surface area contributed by atoms with Gasteiger partial charge in [-0.05, 0) is 24.3 Å². The normalized spacial score (nSPS) is 11.5. The lowest BCUT2D eigenvalue weighted by Gasteiger charge is -2.07. The van der Waals surface area contributed by atoms with Crippen molar-refractivity contribution in [3.05, 3.63) is 60.1 Å². The largest absolute Gasteiger partial charge is 0.471 e. The van der Waals surface area contributed by atoms with Gasteiger partial charge in [-0.2, -0.15) is 13.2 Å². The van der Waals surface area contributed by atoms with Crippen LogP contribution in [-0.2, 0) is 17.4 Å². The molecular weight excluding hydrogens is 371 g/mol. The van der Waals surface area contributed by atoms with Crippen LogP contribution in [0.3, 0.4) is 0 Å². The maximum absolute atomic E-state index is 12.6. The number of furan rings is 1. The molecule has 0 saturated carbocycles. The number of Topliss-reactive ketones (excluding diaryl/α,β-unsaturated/α-hetero) is 2. The van der Waals surface area contributed by atoms with Crippen molar-refractivity contribution >= 4 is 23.3 Å². The van der Waals surface area contributed by atoms with E-state index in [1.807, 2.05) is 0 Å². The number of aromatic amines is 1. The molecule has 0 amide bonds. The Morgan fingerprint density at radius 1 is 1.15 bits per heavy atom. The standard InChI is InChI=1S/C16H10F3N3O3S/c17-16(18,19)10-1-3-11(4-2-10)26-13-7-25-6-9(13)5-12(23)14(24)15-20-8-21-22-15/h1-4,6-8H,5H2,(H,20,21,22). The Bertz CT molecular complexity index is 918. The number of hydrogen-bond acceptors (Lipinski definition) is 6. The Morgan fingerprint density at radius 3 is 2.50 bits per heavy atom. The number of nitrogens with one attached hydrogen (secondary N) is 1. The van der Waals surface area contributed by atoms with E-state index in [1.165, 1.54) is 31.0 Å². The minimum Gasteiger partial charge on any atom is -0.471 e. The summed E-state index contributed by atoms with van der Waals surface area (Å²) < 4.78 is 42.8. The van der Waals surface area contributed by atoms with E-state index >= 15 is 0 Å². The Morgan fingerprint density at radius 2 is 1.88 bits per heavy atom. The van der Waals surface area contributed by atoms with Crippen molar-refractivity contribution < 1.29 is 27.2 Å². The highest BCUT2D eigenvalue weighted by atomic mass is 32.2. The van der Waals surface area contributed by atoms with Crippen molar-refractivity contribution in [2.24, 2.45) is 0 Å². The predicted molar refractivity (Wildman–Crippen MR) is 83.7 cm³/mol. The van der Waals surface area contributed by atoms with E-state index in [2.05, 4.69) is 15.2 Å². The molecule has 0 unspecified atom stereocenters. The fourth-order valence-electron chi connectivity index (χ4n) is 2.07. The molecule has 0 saturated heterocycles. The van der Waals surface area contributed by atoms with Crippen LogP contribution < -0.4 is 0 Å². The van der Waals surface area contributed by atoms with Crippen molar-refractivity contribution in [3.63, 3.8) is 0 Å². The molecule has 2 heterocycles. The molecule has 2 aromatic heterocycles. The molecule has 1 aromatic carbocycles. The minimum absolute atomic E-state index is 0.226. The van der Waals surface area contributed by atoms with Crippen LogP contribution in [0.25, 0.3) is 0 Å². The monoisotopic (exact) mass is 381 g/mol. The third-order valence-electron chi connectivity index (χ3n) is 3.33. The molecule has 0 aliphatic heterocycles. The van der Waals surface area contributed by atoms with Crippen LogP contribution in [0.2, 0.25) is 0 Å². The first kappa shape index (κ1) is 17.9. The fourth-order valence-corrected chi connectivity index (χ4v) is 2.95. The third-order valence-corrected chi connectivity index (χ3v) is 4.42. The number of ketones is 2. The average molecular weight is 381 g/mol. The maximum Gasteiger partial charge on any atom is 0.416 e. The van der Waals surface area contributed by atoms with Crippen LogP contribution in [-0.4, -0.2) is 26.7 Å². The molecule has 3 aromatic rings. The summed E-state index contributed by atoms with van der Waals surface area (Å²) in [6, 6.07) is 4.59. The lowest BCUT2D eigenvalue weighted by Crippen LogP contribution is -2.18. The number of alkyl halides is 3. The summed E-state index contributed by atoms with van der Waals surface area (Å²) in [5, 5.41) is 5.90. The number of halogens is 3. The first-order valence-electron chi connectivity index (χ1n) is 7.18. The smallest absolute Gasteiger partial charge is 0.416 e. The molecular formula is C16H10F3N3O3S. The zero-order valence-corrected chi connectivity index (χ0v) is 13.7. The van der Waals surface area contributed by atoms with Gasteiger partial charge >= 0.3 is 6.18 Å². The average Bonchev–Trinajstić information content (AvgIpc) is 3.26. The van der Waals surface area contributed by atoms with Crippen LogP contribution in [0.4, 0.5) is 13.2 Å². The fraction of sp³-hybridized carbons (Fsp3) is 0.125. The van der Waals surface area contributed by atoms with Crippen LogP contribution in [0, 0.1) is 0 Å². The van der Waals surface area contributed by atoms with Gasteiger partial charge in [0.25, 0.3) is 5.78 Å². The molecule has 6 nitrogen and oxygen atoms in total. The molecule has 0 aliphatic carbocycles. The van der Waals surface area contributed by atoms with Crippen molar-refractivity contribution in [1.82, 2.24) is 15.2 Å². The highest BCUT2D eigenvalue weighted by molar-refractivity contribution is 7.99. The number of H-pyrrole nitrogens is 1. The van der Waals surface area contributed by atoms with Crippen LogP contribution in [0.15, 0.2) is 57.3 Å². The topological polar surface area (TPSA) is 88.9 Å². The van der Waals surface area contributed by atoms with E-state index in [-0.39, 0.29) is 12.2 Å². The lowest BCUT2D eigenvalue weighted by molar-refractivity contribution is -0.137. The van der Waals surface area contributed by atoms with E-state index in [9.17, 15) is 22.8 Å². The second kappa shape index (κ2) is 7.16. The molecule has 0 spiro atoms. The van der Waals surface area contributed by atoms with Gasteiger partial charge in [-0.25, -0.2) is 4.98 Å². The second-order valence-electron chi connectivity index (χ2n) is 5.14. The summed E-state index contributed by atoms with van der Waals surface area (Å²) in [6.45, 7) is 0. The second-order valence-corrected chi connectivity index (χ2v) is 6.25. The van der Waals surface area contributed by atoms with Crippen LogP contribution >= 0.6 is 11.8 Å². The van der Waals surface area contributed by atoms with Crippen LogP contribution in [0.5, 0.6) is 0 Å². The Balaban J connectivity index is 1.71. The number of benzene rings is 1. The first-order valence-corrected chi connectivity index (χ1v) is 7.99. The van der Waals surface area contributed by atoms with E-state index in [0.29, 0.717) is 15.4 Å². The number of rotatable bonds is 6. The summed E-state index contributed by atoms with van der Waals surface area (Å²) in [5.41, 5.74) is -0.301. The van der Waals surface area contributed by atoms with Gasteiger partial charge in [0.05, 0.1) is 16.7 Å². The summed E-state index contributed by atoms with van der Waals surface area (Å²) in [5.74, 6) is -1.78. The van der Waals surface area contributed by atoms with E-state index in [4.69, 9.17) is 4.42 Å². The van der Waals surface area contributed by atoms with E-state index < -0.39 is 23.3 Å². The number of carbonyl (C=O) groups is 2. The molecule has 0 bridgehead atoms. The molecule has 0 radical (unpaired) electrons. The molecule has 0 atom stereocenters.